The number of carbonyl (C=O) groups excluding carboxylic acids is 1. The molecule has 1 spiro atoms. The number of aliphatic carboxylic acids is 1. The highest BCUT2D eigenvalue weighted by Gasteiger charge is 2.58. The number of nitrogens with one attached hydrogen (secondary N) is 1. The summed E-state index contributed by atoms with van der Waals surface area (Å²) >= 11 is 6.48. The number of benzene rings is 1. The van der Waals surface area contributed by atoms with E-state index in [1.807, 2.05) is 4.90 Å². The molecule has 0 unspecified atom stereocenters. The fourth-order valence-electron chi connectivity index (χ4n) is 5.03. The average Bonchev–Trinajstić information content (AvgIpc) is 3.22. The quantitative estimate of drug-likeness (QED) is 0.495. The van der Waals surface area contributed by atoms with Crippen LogP contribution in [0.4, 0.5) is 24.9 Å². The lowest BCUT2D eigenvalue weighted by Crippen LogP contribution is -2.47. The largest absolute Gasteiger partial charge is 0.548 e. The Bertz CT molecular complexity index is 1140. The Morgan fingerprint density at radius 2 is 1.97 bits per heavy atom. The van der Waals surface area contributed by atoms with Gasteiger partial charge in [0.2, 0.25) is 17.4 Å². The van der Waals surface area contributed by atoms with Gasteiger partial charge in [0.1, 0.15) is 5.82 Å². The lowest BCUT2D eigenvalue weighted by Gasteiger charge is -2.40. The minimum atomic E-state index is -4.77. The first-order valence-corrected chi connectivity index (χ1v) is 13.0. The number of rotatable bonds is 6. The van der Waals surface area contributed by atoms with E-state index in [-0.39, 0.29) is 27.3 Å². The Labute approximate surface area is 223 Å². The Kier molecular flexibility index (Phi) is 7.46. The number of hydrogen-bond acceptors (Lipinski definition) is 8. The SMILES string of the molecule is CC[C@@](Oc1cc(N2CCC3(CC2)CN[C@H](C(=O)[O-])C3)nc(N)n1)(c1cc(Br)ccc1Br)C(F)(F)F. The van der Waals surface area contributed by atoms with Crippen LogP contribution in [-0.4, -0.2) is 47.8 Å². The van der Waals surface area contributed by atoms with E-state index in [0.29, 0.717) is 49.2 Å². The Balaban J connectivity index is 1.61. The molecule has 2 aliphatic rings. The number of ether oxygens (including phenoxy) is 1. The van der Waals surface area contributed by atoms with E-state index in [2.05, 4.69) is 47.1 Å². The fraction of sp³-hybridized carbons (Fsp3) is 0.522. The predicted molar refractivity (Wildman–Crippen MR) is 132 cm³/mol. The van der Waals surface area contributed by atoms with Crippen LogP contribution in [-0.2, 0) is 10.4 Å². The summed E-state index contributed by atoms with van der Waals surface area (Å²) in [7, 11) is 0. The number of aromatic nitrogens is 2. The fourth-order valence-corrected chi connectivity index (χ4v) is 5.96. The summed E-state index contributed by atoms with van der Waals surface area (Å²) in [6, 6.07) is 5.21. The summed E-state index contributed by atoms with van der Waals surface area (Å²) in [5.74, 6) is -1.25. The number of carboxylic acids is 1. The maximum Gasteiger partial charge on any atom is 0.432 e. The normalized spacial score (nSPS) is 21.4. The minimum absolute atomic E-state index is 0.0956. The highest BCUT2D eigenvalue weighted by Crippen LogP contribution is 2.48. The van der Waals surface area contributed by atoms with Gasteiger partial charge in [0, 0.05) is 46.3 Å². The first-order chi connectivity index (χ1) is 16.9. The van der Waals surface area contributed by atoms with Crippen LogP contribution in [0.5, 0.6) is 5.88 Å². The predicted octanol–water partition coefficient (Wildman–Crippen LogP) is 3.53. The monoisotopic (exact) mass is 634 g/mol. The van der Waals surface area contributed by atoms with E-state index >= 15 is 0 Å². The molecular formula is C23H25Br2F3N5O3-. The molecule has 2 aliphatic heterocycles. The van der Waals surface area contributed by atoms with Gasteiger partial charge in [-0.25, -0.2) is 0 Å². The van der Waals surface area contributed by atoms with Gasteiger partial charge in [-0.2, -0.15) is 23.1 Å². The van der Waals surface area contributed by atoms with Gasteiger partial charge >= 0.3 is 6.18 Å². The summed E-state index contributed by atoms with van der Waals surface area (Å²) in [5, 5.41) is 14.2. The topological polar surface area (TPSA) is 116 Å². The Morgan fingerprint density at radius 1 is 1.28 bits per heavy atom. The number of carbonyl (C=O) groups is 1. The smallest absolute Gasteiger partial charge is 0.432 e. The number of carboxylic acid groups (broad SMARTS) is 1. The molecule has 36 heavy (non-hydrogen) atoms. The van der Waals surface area contributed by atoms with Crippen molar-refractivity contribution in [3.05, 3.63) is 38.8 Å². The first-order valence-electron chi connectivity index (χ1n) is 11.4. The Morgan fingerprint density at radius 3 is 2.56 bits per heavy atom. The van der Waals surface area contributed by atoms with E-state index in [4.69, 9.17) is 10.5 Å². The maximum absolute atomic E-state index is 14.6. The molecular weight excluding hydrogens is 611 g/mol. The molecule has 0 saturated carbocycles. The van der Waals surface area contributed by atoms with Crippen LogP contribution in [0, 0.1) is 5.41 Å². The van der Waals surface area contributed by atoms with Crippen LogP contribution >= 0.6 is 31.9 Å². The summed E-state index contributed by atoms with van der Waals surface area (Å²) < 4.78 is 50.1. The second-order valence-corrected chi connectivity index (χ2v) is 11.0. The molecule has 3 heterocycles. The van der Waals surface area contributed by atoms with Crippen LogP contribution in [0.3, 0.4) is 0 Å². The third kappa shape index (κ3) is 5.14. The highest BCUT2D eigenvalue weighted by molar-refractivity contribution is 9.11. The molecule has 2 aromatic rings. The van der Waals surface area contributed by atoms with E-state index < -0.39 is 30.2 Å². The van der Waals surface area contributed by atoms with E-state index in [9.17, 15) is 23.1 Å². The number of hydrogen-bond donors (Lipinski definition) is 2. The molecule has 13 heteroatoms. The maximum atomic E-state index is 14.6. The van der Waals surface area contributed by atoms with Crippen LogP contribution in [0.2, 0.25) is 0 Å². The number of nitrogen functional groups attached to an aromatic ring is 1. The number of halogens is 5. The third-order valence-corrected chi connectivity index (χ3v) is 8.28. The third-order valence-electron chi connectivity index (χ3n) is 7.10. The van der Waals surface area contributed by atoms with Gasteiger partial charge in [-0.3, -0.25) is 0 Å². The summed E-state index contributed by atoms with van der Waals surface area (Å²) in [5.41, 5.74) is 2.94. The molecule has 0 aliphatic carbocycles. The molecule has 4 rings (SSSR count). The van der Waals surface area contributed by atoms with Gasteiger partial charge in [-0.1, -0.05) is 38.8 Å². The Hall–Kier alpha value is -2.12. The van der Waals surface area contributed by atoms with Crippen molar-refractivity contribution in [1.29, 1.82) is 0 Å². The zero-order valence-corrected chi connectivity index (χ0v) is 22.5. The van der Waals surface area contributed by atoms with E-state index in [0.717, 1.165) is 0 Å². The molecule has 3 N–H and O–H groups in total. The first kappa shape index (κ1) is 26.9. The zero-order valence-electron chi connectivity index (χ0n) is 19.4. The van der Waals surface area contributed by atoms with Gasteiger partial charge < -0.3 is 30.6 Å². The van der Waals surface area contributed by atoms with Crippen LogP contribution in [0.25, 0.3) is 0 Å². The standard InChI is InChI=1S/C23H26Br2F3N5O3/c1-2-22(23(26,27)28,14-9-13(24)3-4-15(14)25)36-18-10-17(31-20(29)32-18)33-7-5-21(6-8-33)11-16(19(34)35)30-12-21/h3-4,9-10,16,30H,2,5-8,11-12H2,1H3,(H,34,35)(H2,29,31,32)/p-1/t16-,22+/m0/s1. The second-order valence-electron chi connectivity index (χ2n) is 9.27. The van der Waals surface area contributed by atoms with E-state index in [1.165, 1.54) is 25.1 Å². The average molecular weight is 636 g/mol. The molecule has 2 saturated heterocycles. The summed E-state index contributed by atoms with van der Waals surface area (Å²) in [4.78, 5) is 21.3. The van der Waals surface area contributed by atoms with Crippen molar-refractivity contribution in [2.75, 3.05) is 30.3 Å². The molecule has 2 fully saturated rings. The van der Waals surface area contributed by atoms with Gasteiger partial charge in [0.25, 0.3) is 0 Å². The number of nitrogens with two attached hydrogens (primary N) is 1. The molecule has 2 atom stereocenters. The van der Waals surface area contributed by atoms with Gasteiger partial charge in [0.15, 0.2) is 0 Å². The highest BCUT2D eigenvalue weighted by atomic mass is 79.9. The second kappa shape index (κ2) is 9.97. The van der Waals surface area contributed by atoms with Crippen molar-refractivity contribution in [3.63, 3.8) is 0 Å². The molecule has 8 nitrogen and oxygen atoms in total. The van der Waals surface area contributed by atoms with Crippen molar-refractivity contribution in [2.45, 2.75) is 50.4 Å². The number of piperidine rings is 1. The number of nitrogens with zero attached hydrogens (tertiary/aromatic N) is 3. The number of alkyl halides is 3. The molecule has 0 amide bonds. The molecule has 0 radical (unpaired) electrons. The lowest BCUT2D eigenvalue weighted by atomic mass is 9.76. The van der Waals surface area contributed by atoms with Gasteiger partial charge in [0.05, 0.1) is 5.97 Å². The number of anilines is 2. The lowest BCUT2D eigenvalue weighted by molar-refractivity contribution is -0.308. The minimum Gasteiger partial charge on any atom is -0.548 e. The summed E-state index contributed by atoms with van der Waals surface area (Å²) in [6.45, 7) is 3.04. The molecule has 0 bridgehead atoms. The molecule has 1 aromatic carbocycles. The van der Waals surface area contributed by atoms with Crippen molar-refractivity contribution in [3.8, 4) is 5.88 Å². The summed E-state index contributed by atoms with van der Waals surface area (Å²) in [6.07, 6.45) is -3.32. The molecule has 196 valence electrons. The van der Waals surface area contributed by atoms with Crippen LogP contribution < -0.4 is 25.8 Å². The zero-order chi connectivity index (χ0) is 26.3. The van der Waals surface area contributed by atoms with E-state index in [1.54, 1.807) is 6.07 Å². The van der Waals surface area contributed by atoms with Crippen molar-refractivity contribution < 1.29 is 27.8 Å². The molecule has 1 aromatic heterocycles. The van der Waals surface area contributed by atoms with Crippen molar-refractivity contribution in [1.82, 2.24) is 15.3 Å². The van der Waals surface area contributed by atoms with Crippen LogP contribution in [0.1, 0.15) is 38.2 Å². The van der Waals surface area contributed by atoms with Crippen molar-refractivity contribution >= 4 is 49.6 Å². The van der Waals surface area contributed by atoms with Gasteiger partial charge in [-0.05, 0) is 49.3 Å². The van der Waals surface area contributed by atoms with Crippen LogP contribution in [0.15, 0.2) is 33.2 Å². The van der Waals surface area contributed by atoms with Gasteiger partial charge in [-0.15, -0.1) is 0 Å². The van der Waals surface area contributed by atoms with Crippen molar-refractivity contribution in [2.24, 2.45) is 5.41 Å².